The van der Waals surface area contributed by atoms with Crippen LogP contribution in [-0.2, 0) is 0 Å². The maximum absolute atomic E-state index is 11.7. The van der Waals surface area contributed by atoms with E-state index >= 15 is 0 Å². The molecular weight excluding hydrogens is 274 g/mol. The third kappa shape index (κ3) is 3.62. The molecule has 0 atom stereocenters. The largest absolute Gasteiger partial charge is 0.451 e. The summed E-state index contributed by atoms with van der Waals surface area (Å²) in [5.41, 5.74) is 2.78. The summed E-state index contributed by atoms with van der Waals surface area (Å²) in [6.07, 6.45) is 3.74. The molecule has 0 fully saturated rings. The van der Waals surface area contributed by atoms with Crippen LogP contribution in [0, 0.1) is 22.7 Å². The Labute approximate surface area is 118 Å². The van der Waals surface area contributed by atoms with E-state index in [2.05, 4.69) is 25.8 Å². The van der Waals surface area contributed by atoms with Gasteiger partial charge in [-0.1, -0.05) is 0 Å². The molecule has 2 aromatic heterocycles. The molecule has 2 rings (SSSR count). The first-order valence-corrected chi connectivity index (χ1v) is 5.52. The second kappa shape index (κ2) is 6.45. The molecule has 0 aliphatic carbocycles. The van der Waals surface area contributed by atoms with Crippen LogP contribution in [0.4, 0.5) is 11.5 Å². The molecule has 0 spiro atoms. The van der Waals surface area contributed by atoms with E-state index in [1.54, 1.807) is 18.2 Å². The highest BCUT2D eigenvalue weighted by molar-refractivity contribution is 6.10. The Balaban J connectivity index is 2.00. The lowest BCUT2D eigenvalue weighted by atomic mass is 10.4. The number of nitrogens with zero attached hydrogens (tertiary/aromatic N) is 5. The topological polar surface area (TPSA) is 140 Å². The summed E-state index contributed by atoms with van der Waals surface area (Å²) >= 11 is 0. The average Bonchev–Trinajstić information content (AvgIpc) is 3.04. The fourth-order valence-electron chi connectivity index (χ4n) is 1.23. The van der Waals surface area contributed by atoms with E-state index < -0.39 is 5.91 Å². The Morgan fingerprint density at radius 2 is 2.10 bits per heavy atom. The maximum atomic E-state index is 11.7. The molecular formula is C12H7N7O2. The van der Waals surface area contributed by atoms with E-state index in [1.165, 1.54) is 18.5 Å². The second-order valence-corrected chi connectivity index (χ2v) is 3.56. The van der Waals surface area contributed by atoms with Gasteiger partial charge in [0.2, 0.25) is 5.71 Å². The molecule has 1 amide bonds. The first-order chi connectivity index (χ1) is 10.2. The minimum absolute atomic E-state index is 0.135. The van der Waals surface area contributed by atoms with Crippen LogP contribution >= 0.6 is 0 Å². The second-order valence-electron chi connectivity index (χ2n) is 3.56. The predicted octanol–water partition coefficient (Wildman–Crippen LogP) is 1.14. The van der Waals surface area contributed by atoms with Crippen LogP contribution in [0.2, 0.25) is 0 Å². The van der Waals surface area contributed by atoms with Crippen LogP contribution in [0.15, 0.2) is 40.5 Å². The number of hydrogen-bond donors (Lipinski definition) is 2. The minimum Gasteiger partial charge on any atom is -0.451 e. The minimum atomic E-state index is -0.453. The van der Waals surface area contributed by atoms with Gasteiger partial charge >= 0.3 is 0 Å². The number of amides is 1. The Hall–Kier alpha value is -3.72. The molecule has 0 radical (unpaired) electrons. The van der Waals surface area contributed by atoms with Crippen LogP contribution in [0.3, 0.4) is 0 Å². The first-order valence-electron chi connectivity index (χ1n) is 5.52. The molecule has 0 bridgehead atoms. The van der Waals surface area contributed by atoms with E-state index in [0.717, 1.165) is 6.39 Å². The highest BCUT2D eigenvalue weighted by Gasteiger charge is 2.09. The van der Waals surface area contributed by atoms with Crippen LogP contribution in [0.5, 0.6) is 0 Å². The van der Waals surface area contributed by atoms with Crippen LogP contribution in [0.25, 0.3) is 0 Å². The van der Waals surface area contributed by atoms with Gasteiger partial charge in [-0.25, -0.2) is 9.97 Å². The smallest absolute Gasteiger partial charge is 0.278 e. The van der Waals surface area contributed by atoms with Gasteiger partial charge in [-0.15, -0.1) is 0 Å². The molecule has 0 saturated carbocycles. The number of nitriles is 2. The van der Waals surface area contributed by atoms with Gasteiger partial charge in [0.15, 0.2) is 12.1 Å². The lowest BCUT2D eigenvalue weighted by Crippen LogP contribution is -2.13. The molecule has 0 aliphatic heterocycles. The summed E-state index contributed by atoms with van der Waals surface area (Å²) in [6.45, 7) is 0. The summed E-state index contributed by atoms with van der Waals surface area (Å²) in [5.74, 6) is -0.149. The van der Waals surface area contributed by atoms with Crippen molar-refractivity contribution in [2.24, 2.45) is 5.10 Å². The molecule has 2 aromatic rings. The van der Waals surface area contributed by atoms with Crippen molar-refractivity contribution in [2.75, 3.05) is 10.7 Å². The van der Waals surface area contributed by atoms with Crippen molar-refractivity contribution in [1.29, 1.82) is 10.5 Å². The average molecular weight is 281 g/mol. The van der Waals surface area contributed by atoms with Gasteiger partial charge in [0, 0.05) is 0 Å². The van der Waals surface area contributed by atoms with Gasteiger partial charge in [-0.05, 0) is 12.1 Å². The SMILES string of the molecule is N#CC(C#N)=NNc1ccc(NC(=O)c2cocn2)nc1. The summed E-state index contributed by atoms with van der Waals surface area (Å²) in [4.78, 5) is 19.3. The van der Waals surface area contributed by atoms with E-state index in [4.69, 9.17) is 14.9 Å². The van der Waals surface area contributed by atoms with E-state index in [1.807, 2.05) is 0 Å². The van der Waals surface area contributed by atoms with E-state index in [-0.39, 0.29) is 11.4 Å². The van der Waals surface area contributed by atoms with Crippen molar-refractivity contribution < 1.29 is 9.21 Å². The molecule has 0 unspecified atom stereocenters. The zero-order chi connectivity index (χ0) is 15.1. The number of rotatable bonds is 4. The highest BCUT2D eigenvalue weighted by atomic mass is 16.3. The third-order valence-corrected chi connectivity index (χ3v) is 2.18. The van der Waals surface area contributed by atoms with Crippen LogP contribution in [0.1, 0.15) is 10.5 Å². The number of aromatic nitrogens is 2. The normalized spacial score (nSPS) is 9.05. The van der Waals surface area contributed by atoms with Crippen molar-refractivity contribution in [3.63, 3.8) is 0 Å². The zero-order valence-corrected chi connectivity index (χ0v) is 10.4. The van der Waals surface area contributed by atoms with E-state index in [9.17, 15) is 4.79 Å². The molecule has 0 aliphatic rings. The monoisotopic (exact) mass is 281 g/mol. The third-order valence-electron chi connectivity index (χ3n) is 2.18. The molecule has 21 heavy (non-hydrogen) atoms. The summed E-state index contributed by atoms with van der Waals surface area (Å²) in [6, 6.07) is 6.31. The van der Waals surface area contributed by atoms with Crippen molar-refractivity contribution in [3.05, 3.63) is 36.7 Å². The fourth-order valence-corrected chi connectivity index (χ4v) is 1.23. The van der Waals surface area contributed by atoms with Crippen molar-refractivity contribution in [3.8, 4) is 12.1 Å². The summed E-state index contributed by atoms with van der Waals surface area (Å²) in [5, 5.41) is 23.1. The Kier molecular flexibility index (Phi) is 4.21. The Morgan fingerprint density at radius 3 is 2.67 bits per heavy atom. The standard InChI is InChI=1S/C12H7N7O2/c13-3-9(4-14)19-18-8-1-2-11(15-5-8)17-12(20)10-6-21-7-16-10/h1-2,5-7,18H,(H,15,17,20). The Bertz CT molecular complexity index is 719. The molecule has 2 heterocycles. The number of hydrogen-bond acceptors (Lipinski definition) is 8. The quantitative estimate of drug-likeness (QED) is 0.632. The van der Waals surface area contributed by atoms with Gasteiger partial charge in [-0.2, -0.15) is 15.6 Å². The number of hydrazone groups is 1. The fraction of sp³-hybridized carbons (Fsp3) is 0. The number of pyridine rings is 1. The number of anilines is 2. The lowest BCUT2D eigenvalue weighted by molar-refractivity contribution is 0.102. The number of carbonyl (C=O) groups is 1. The molecule has 0 aromatic carbocycles. The van der Waals surface area contributed by atoms with Gasteiger partial charge in [0.25, 0.3) is 5.91 Å². The maximum Gasteiger partial charge on any atom is 0.278 e. The van der Waals surface area contributed by atoms with E-state index in [0.29, 0.717) is 11.5 Å². The van der Waals surface area contributed by atoms with Gasteiger partial charge in [0.05, 0.1) is 11.9 Å². The predicted molar refractivity (Wildman–Crippen MR) is 71.0 cm³/mol. The molecule has 0 saturated heterocycles. The van der Waals surface area contributed by atoms with Gasteiger partial charge in [-0.3, -0.25) is 10.2 Å². The molecule has 9 heteroatoms. The van der Waals surface area contributed by atoms with Crippen molar-refractivity contribution in [1.82, 2.24) is 9.97 Å². The number of oxazole rings is 1. The first kappa shape index (κ1) is 13.7. The number of nitrogens with one attached hydrogen (secondary N) is 2. The van der Waals surface area contributed by atoms with Crippen molar-refractivity contribution in [2.45, 2.75) is 0 Å². The summed E-state index contributed by atoms with van der Waals surface area (Å²) < 4.78 is 4.70. The van der Waals surface area contributed by atoms with Crippen LogP contribution < -0.4 is 10.7 Å². The van der Waals surface area contributed by atoms with Gasteiger partial charge in [0.1, 0.15) is 24.2 Å². The summed E-state index contributed by atoms with van der Waals surface area (Å²) in [7, 11) is 0. The molecule has 2 N–H and O–H groups in total. The zero-order valence-electron chi connectivity index (χ0n) is 10.4. The van der Waals surface area contributed by atoms with Crippen LogP contribution in [-0.4, -0.2) is 21.6 Å². The van der Waals surface area contributed by atoms with Gasteiger partial charge < -0.3 is 9.73 Å². The molecule has 9 nitrogen and oxygen atoms in total. The lowest BCUT2D eigenvalue weighted by Gasteiger charge is -2.03. The Morgan fingerprint density at radius 1 is 1.29 bits per heavy atom. The number of carbonyl (C=O) groups excluding carboxylic acids is 1. The highest BCUT2D eigenvalue weighted by Crippen LogP contribution is 2.10. The molecule has 102 valence electrons. The van der Waals surface area contributed by atoms with Crippen molar-refractivity contribution >= 4 is 23.1 Å².